The second kappa shape index (κ2) is 5.38. The van der Waals surface area contributed by atoms with E-state index in [0.29, 0.717) is 5.92 Å². The van der Waals surface area contributed by atoms with E-state index < -0.39 is 0 Å². The number of furan rings is 1. The maximum absolute atomic E-state index is 6.07. The molecule has 0 saturated carbocycles. The van der Waals surface area contributed by atoms with Crippen LogP contribution in [0.1, 0.15) is 38.8 Å². The Balaban J connectivity index is 1.78. The second-order valence-electron chi connectivity index (χ2n) is 7.08. The van der Waals surface area contributed by atoms with Gasteiger partial charge in [0.15, 0.2) is 11.3 Å². The molecule has 114 valence electrons. The standard InChI is InChI=1S/C18H25NO2/c1-12(2)10-19-8-7-14-11-20-17-15(14)6-5-13-9-18(3,4)21-16(13)17/h5-6,11-12,19H,7-10H2,1-4H3. The molecule has 0 atom stereocenters. The SMILES string of the molecule is CC(C)CNCCc1coc2c3c(ccc12)CC(C)(C)O3. The summed E-state index contributed by atoms with van der Waals surface area (Å²) in [6, 6.07) is 4.37. The predicted molar refractivity (Wildman–Crippen MR) is 86.0 cm³/mol. The van der Waals surface area contributed by atoms with E-state index in [1.54, 1.807) is 0 Å². The van der Waals surface area contributed by atoms with E-state index in [1.165, 1.54) is 16.5 Å². The third kappa shape index (κ3) is 2.93. The molecule has 3 nitrogen and oxygen atoms in total. The molecule has 0 unspecified atom stereocenters. The van der Waals surface area contributed by atoms with Crippen LogP contribution in [0.25, 0.3) is 11.0 Å². The lowest BCUT2D eigenvalue weighted by Gasteiger charge is -2.16. The van der Waals surface area contributed by atoms with E-state index in [4.69, 9.17) is 9.15 Å². The molecule has 1 N–H and O–H groups in total. The van der Waals surface area contributed by atoms with Gasteiger partial charge in [-0.2, -0.15) is 0 Å². The third-order valence-corrected chi connectivity index (χ3v) is 3.98. The molecule has 1 aromatic carbocycles. The highest BCUT2D eigenvalue weighted by molar-refractivity contribution is 5.88. The molecule has 3 heteroatoms. The largest absolute Gasteiger partial charge is 0.483 e. The number of hydrogen-bond acceptors (Lipinski definition) is 3. The van der Waals surface area contributed by atoms with Crippen molar-refractivity contribution in [1.82, 2.24) is 5.32 Å². The number of fused-ring (bicyclic) bond motifs is 3. The molecule has 2 aromatic rings. The van der Waals surface area contributed by atoms with E-state index in [-0.39, 0.29) is 5.60 Å². The maximum atomic E-state index is 6.07. The normalized spacial score (nSPS) is 16.4. The summed E-state index contributed by atoms with van der Waals surface area (Å²) in [5, 5.41) is 4.67. The first kappa shape index (κ1) is 14.5. The zero-order valence-corrected chi connectivity index (χ0v) is 13.5. The van der Waals surface area contributed by atoms with Gasteiger partial charge in [-0.3, -0.25) is 0 Å². The second-order valence-corrected chi connectivity index (χ2v) is 7.08. The van der Waals surface area contributed by atoms with Crippen LogP contribution in [-0.2, 0) is 12.8 Å². The zero-order valence-electron chi connectivity index (χ0n) is 13.5. The zero-order chi connectivity index (χ0) is 15.0. The van der Waals surface area contributed by atoms with E-state index in [0.717, 1.165) is 37.3 Å². The lowest BCUT2D eigenvalue weighted by Crippen LogP contribution is -2.24. The molecule has 0 spiro atoms. The van der Waals surface area contributed by atoms with Gasteiger partial charge in [0.2, 0.25) is 0 Å². The number of rotatable bonds is 5. The van der Waals surface area contributed by atoms with Crippen LogP contribution in [0.4, 0.5) is 0 Å². The fourth-order valence-corrected chi connectivity index (χ4v) is 3.00. The summed E-state index contributed by atoms with van der Waals surface area (Å²) in [4.78, 5) is 0. The lowest BCUT2D eigenvalue weighted by atomic mass is 10.0. The molecule has 0 amide bonds. The van der Waals surface area contributed by atoms with Crippen molar-refractivity contribution in [2.24, 2.45) is 5.92 Å². The van der Waals surface area contributed by atoms with Crippen molar-refractivity contribution in [1.29, 1.82) is 0 Å². The molecule has 1 aliphatic rings. The molecule has 0 aliphatic carbocycles. The molecule has 1 aliphatic heterocycles. The van der Waals surface area contributed by atoms with Crippen LogP contribution in [0, 0.1) is 5.92 Å². The van der Waals surface area contributed by atoms with Crippen LogP contribution in [0.15, 0.2) is 22.8 Å². The molecular formula is C18H25NO2. The van der Waals surface area contributed by atoms with E-state index in [2.05, 4.69) is 45.1 Å². The van der Waals surface area contributed by atoms with Gasteiger partial charge in [-0.05, 0) is 44.8 Å². The van der Waals surface area contributed by atoms with Crippen LogP contribution >= 0.6 is 0 Å². The molecule has 0 bridgehead atoms. The minimum Gasteiger partial charge on any atom is -0.483 e. The van der Waals surface area contributed by atoms with E-state index in [9.17, 15) is 0 Å². The van der Waals surface area contributed by atoms with Gasteiger partial charge < -0.3 is 14.5 Å². The van der Waals surface area contributed by atoms with Gasteiger partial charge in [0.05, 0.1) is 6.26 Å². The summed E-state index contributed by atoms with van der Waals surface area (Å²) in [5.41, 5.74) is 3.31. The Labute approximate surface area is 126 Å². The predicted octanol–water partition coefficient (Wildman–Crippen LogP) is 3.93. The topological polar surface area (TPSA) is 34.4 Å². The first-order valence-electron chi connectivity index (χ1n) is 7.88. The van der Waals surface area contributed by atoms with Crippen molar-refractivity contribution in [2.75, 3.05) is 13.1 Å². The summed E-state index contributed by atoms with van der Waals surface area (Å²) < 4.78 is 11.9. The van der Waals surface area contributed by atoms with E-state index >= 15 is 0 Å². The van der Waals surface area contributed by atoms with Gasteiger partial charge in [-0.15, -0.1) is 0 Å². The summed E-state index contributed by atoms with van der Waals surface area (Å²) >= 11 is 0. The van der Waals surface area contributed by atoms with Crippen LogP contribution in [0.5, 0.6) is 5.75 Å². The Bertz CT molecular complexity index is 640. The summed E-state index contributed by atoms with van der Waals surface area (Å²) in [6.45, 7) is 10.7. The van der Waals surface area contributed by atoms with Crippen molar-refractivity contribution in [3.05, 3.63) is 29.5 Å². The summed E-state index contributed by atoms with van der Waals surface area (Å²) in [6.07, 6.45) is 3.82. The van der Waals surface area contributed by atoms with Gasteiger partial charge in [0, 0.05) is 17.4 Å². The van der Waals surface area contributed by atoms with Gasteiger partial charge in [-0.1, -0.05) is 26.0 Å². The number of hydrogen-bond donors (Lipinski definition) is 1. The fraction of sp³-hybridized carbons (Fsp3) is 0.556. The Kier molecular flexibility index (Phi) is 3.70. The minimum atomic E-state index is -0.123. The van der Waals surface area contributed by atoms with Crippen molar-refractivity contribution in [3.8, 4) is 5.75 Å². The van der Waals surface area contributed by atoms with Crippen molar-refractivity contribution in [3.63, 3.8) is 0 Å². The Morgan fingerprint density at radius 1 is 1.29 bits per heavy atom. The smallest absolute Gasteiger partial charge is 0.176 e. The molecule has 0 saturated heterocycles. The first-order chi connectivity index (χ1) is 9.96. The Hall–Kier alpha value is -1.48. The Morgan fingerprint density at radius 2 is 2.10 bits per heavy atom. The molecule has 1 aromatic heterocycles. The van der Waals surface area contributed by atoms with Gasteiger partial charge >= 0.3 is 0 Å². The summed E-state index contributed by atoms with van der Waals surface area (Å²) in [5.74, 6) is 1.63. The molecular weight excluding hydrogens is 262 g/mol. The molecule has 3 rings (SSSR count). The van der Waals surface area contributed by atoms with Crippen LogP contribution in [-0.4, -0.2) is 18.7 Å². The highest BCUT2D eigenvalue weighted by atomic mass is 16.5. The van der Waals surface area contributed by atoms with E-state index in [1.807, 2.05) is 6.26 Å². The van der Waals surface area contributed by atoms with Gasteiger partial charge in [-0.25, -0.2) is 0 Å². The molecule has 0 fully saturated rings. The highest BCUT2D eigenvalue weighted by Gasteiger charge is 2.32. The van der Waals surface area contributed by atoms with Gasteiger partial charge in [0.1, 0.15) is 5.60 Å². The minimum absolute atomic E-state index is 0.123. The van der Waals surface area contributed by atoms with Crippen molar-refractivity contribution >= 4 is 11.0 Å². The first-order valence-corrected chi connectivity index (χ1v) is 7.88. The maximum Gasteiger partial charge on any atom is 0.176 e. The summed E-state index contributed by atoms with van der Waals surface area (Å²) in [7, 11) is 0. The van der Waals surface area contributed by atoms with Crippen LogP contribution < -0.4 is 10.1 Å². The number of ether oxygens (including phenoxy) is 1. The monoisotopic (exact) mass is 287 g/mol. The van der Waals surface area contributed by atoms with Crippen molar-refractivity contribution in [2.45, 2.75) is 46.1 Å². The van der Waals surface area contributed by atoms with Crippen molar-refractivity contribution < 1.29 is 9.15 Å². The average molecular weight is 287 g/mol. The third-order valence-electron chi connectivity index (χ3n) is 3.98. The van der Waals surface area contributed by atoms with Crippen LogP contribution in [0.3, 0.4) is 0 Å². The lowest BCUT2D eigenvalue weighted by molar-refractivity contribution is 0.139. The number of benzene rings is 1. The molecule has 0 radical (unpaired) electrons. The molecule has 2 heterocycles. The highest BCUT2D eigenvalue weighted by Crippen LogP contribution is 2.41. The Morgan fingerprint density at radius 3 is 2.86 bits per heavy atom. The van der Waals surface area contributed by atoms with Gasteiger partial charge in [0.25, 0.3) is 0 Å². The fourth-order valence-electron chi connectivity index (χ4n) is 3.00. The number of nitrogens with one attached hydrogen (secondary N) is 1. The quantitative estimate of drug-likeness (QED) is 0.846. The molecule has 21 heavy (non-hydrogen) atoms. The average Bonchev–Trinajstić information content (AvgIpc) is 2.93. The van der Waals surface area contributed by atoms with Crippen LogP contribution in [0.2, 0.25) is 0 Å².